The van der Waals surface area contributed by atoms with Crippen molar-refractivity contribution >= 4 is 16.8 Å². The Morgan fingerprint density at radius 3 is 2.64 bits per heavy atom. The van der Waals surface area contributed by atoms with Crippen LogP contribution in [-0.4, -0.2) is 27.6 Å². The predicted octanol–water partition coefficient (Wildman–Crippen LogP) is 2.58. The van der Waals surface area contributed by atoms with Gasteiger partial charge in [0, 0.05) is 25.4 Å². The van der Waals surface area contributed by atoms with Gasteiger partial charge in [0.25, 0.3) is 0 Å². The van der Waals surface area contributed by atoms with Crippen LogP contribution in [0.25, 0.3) is 10.9 Å². The smallest absolute Gasteiger partial charge is 0.224 e. The Morgan fingerprint density at radius 1 is 1.16 bits per heavy atom. The highest BCUT2D eigenvalue weighted by Crippen LogP contribution is 2.10. The van der Waals surface area contributed by atoms with Gasteiger partial charge in [0.1, 0.15) is 5.82 Å². The van der Waals surface area contributed by atoms with E-state index in [1.54, 1.807) is 40.9 Å². The maximum atomic E-state index is 12.9. The fraction of sp³-hybridized carbons (Fsp3) is 0.211. The molecule has 0 aliphatic carbocycles. The molecule has 1 heterocycles. The van der Waals surface area contributed by atoms with Crippen molar-refractivity contribution in [3.05, 3.63) is 76.3 Å². The molecule has 6 heteroatoms. The summed E-state index contributed by atoms with van der Waals surface area (Å²) in [7, 11) is 1.71. The van der Waals surface area contributed by atoms with Crippen molar-refractivity contribution in [2.75, 3.05) is 7.05 Å². The maximum absolute atomic E-state index is 12.9. The number of hydrogen-bond acceptors (Lipinski definition) is 3. The van der Waals surface area contributed by atoms with Crippen LogP contribution in [0.5, 0.6) is 0 Å². The number of nitrogens with zero attached hydrogens (tertiary/aromatic N) is 3. The van der Waals surface area contributed by atoms with Crippen molar-refractivity contribution in [3.63, 3.8) is 0 Å². The molecule has 1 amide bonds. The van der Waals surface area contributed by atoms with Crippen LogP contribution in [0.1, 0.15) is 12.0 Å². The SMILES string of the molecule is CN(Cc1ccc(F)cc1)C(=O)CCn1ncc(=O)c2ccccc21. The zero-order chi connectivity index (χ0) is 17.8. The molecule has 2 aromatic carbocycles. The summed E-state index contributed by atoms with van der Waals surface area (Å²) in [6.07, 6.45) is 1.53. The molecule has 0 saturated carbocycles. The molecule has 25 heavy (non-hydrogen) atoms. The van der Waals surface area contributed by atoms with Gasteiger partial charge in [-0.25, -0.2) is 4.39 Å². The van der Waals surface area contributed by atoms with Crippen molar-refractivity contribution in [1.29, 1.82) is 0 Å². The van der Waals surface area contributed by atoms with Gasteiger partial charge in [-0.15, -0.1) is 0 Å². The summed E-state index contributed by atoms with van der Waals surface area (Å²) in [5.74, 6) is -0.345. The van der Waals surface area contributed by atoms with E-state index in [0.29, 0.717) is 24.0 Å². The molecule has 0 saturated heterocycles. The van der Waals surface area contributed by atoms with E-state index >= 15 is 0 Å². The van der Waals surface area contributed by atoms with E-state index in [9.17, 15) is 14.0 Å². The first-order valence-corrected chi connectivity index (χ1v) is 7.98. The number of aromatic nitrogens is 2. The third-order valence-electron chi connectivity index (χ3n) is 4.06. The lowest BCUT2D eigenvalue weighted by atomic mass is 10.2. The van der Waals surface area contributed by atoms with Gasteiger partial charge in [0.05, 0.1) is 18.3 Å². The molecule has 128 valence electrons. The Labute approximate surface area is 144 Å². The molecule has 0 radical (unpaired) electrons. The second kappa shape index (κ2) is 7.25. The first kappa shape index (κ1) is 16.8. The molecular weight excluding hydrogens is 321 g/mol. The number of rotatable bonds is 5. The Kier molecular flexibility index (Phi) is 4.88. The van der Waals surface area contributed by atoms with E-state index in [4.69, 9.17) is 0 Å². The lowest BCUT2D eigenvalue weighted by molar-refractivity contribution is -0.130. The van der Waals surface area contributed by atoms with Gasteiger partial charge in [0.15, 0.2) is 0 Å². The molecule has 0 aliphatic rings. The molecule has 3 aromatic rings. The lowest BCUT2D eigenvalue weighted by Crippen LogP contribution is -2.27. The van der Waals surface area contributed by atoms with Crippen LogP contribution in [-0.2, 0) is 17.9 Å². The summed E-state index contributed by atoms with van der Waals surface area (Å²) in [6, 6.07) is 13.3. The summed E-state index contributed by atoms with van der Waals surface area (Å²) in [5, 5.41) is 4.71. The topological polar surface area (TPSA) is 55.2 Å². The average Bonchev–Trinajstić information content (AvgIpc) is 2.63. The molecule has 1 aromatic heterocycles. The molecule has 0 spiro atoms. The second-order valence-corrected chi connectivity index (χ2v) is 5.88. The highest BCUT2D eigenvalue weighted by Gasteiger charge is 2.11. The Morgan fingerprint density at radius 2 is 1.88 bits per heavy atom. The molecular formula is C19H18FN3O2. The highest BCUT2D eigenvalue weighted by molar-refractivity contribution is 5.79. The summed E-state index contributed by atoms with van der Waals surface area (Å²) < 4.78 is 14.6. The molecule has 5 nitrogen and oxygen atoms in total. The highest BCUT2D eigenvalue weighted by atomic mass is 19.1. The average molecular weight is 339 g/mol. The van der Waals surface area contributed by atoms with Gasteiger partial charge in [-0.3, -0.25) is 14.3 Å². The number of benzene rings is 2. The quantitative estimate of drug-likeness (QED) is 0.718. The van der Waals surface area contributed by atoms with E-state index in [1.807, 2.05) is 12.1 Å². The number of hydrogen-bond donors (Lipinski definition) is 0. The van der Waals surface area contributed by atoms with E-state index in [1.165, 1.54) is 18.3 Å². The molecule has 0 unspecified atom stereocenters. The predicted molar refractivity (Wildman–Crippen MR) is 93.5 cm³/mol. The minimum atomic E-state index is -0.297. The first-order chi connectivity index (χ1) is 12.0. The van der Waals surface area contributed by atoms with Gasteiger partial charge >= 0.3 is 0 Å². The molecule has 0 atom stereocenters. The van der Waals surface area contributed by atoms with Crippen molar-refractivity contribution in [2.45, 2.75) is 19.5 Å². The van der Waals surface area contributed by atoms with Crippen molar-refractivity contribution < 1.29 is 9.18 Å². The van der Waals surface area contributed by atoms with Crippen LogP contribution >= 0.6 is 0 Å². The molecule has 0 N–H and O–H groups in total. The lowest BCUT2D eigenvalue weighted by Gasteiger charge is -2.18. The summed E-state index contributed by atoms with van der Waals surface area (Å²) in [4.78, 5) is 25.8. The van der Waals surface area contributed by atoms with Crippen LogP contribution in [0.3, 0.4) is 0 Å². The zero-order valence-electron chi connectivity index (χ0n) is 13.9. The number of carbonyl (C=O) groups is 1. The van der Waals surface area contributed by atoms with Gasteiger partial charge in [-0.2, -0.15) is 5.10 Å². The molecule has 0 fully saturated rings. The number of aryl methyl sites for hydroxylation is 1. The Bertz CT molecular complexity index is 951. The van der Waals surface area contributed by atoms with Crippen molar-refractivity contribution in [1.82, 2.24) is 14.7 Å². The van der Waals surface area contributed by atoms with Crippen LogP contribution in [0.4, 0.5) is 4.39 Å². The van der Waals surface area contributed by atoms with E-state index < -0.39 is 0 Å². The third kappa shape index (κ3) is 3.91. The largest absolute Gasteiger partial charge is 0.341 e. The Balaban J connectivity index is 1.67. The summed E-state index contributed by atoms with van der Waals surface area (Å²) >= 11 is 0. The number of amides is 1. The number of fused-ring (bicyclic) bond motifs is 1. The summed E-state index contributed by atoms with van der Waals surface area (Å²) in [6.45, 7) is 0.796. The van der Waals surface area contributed by atoms with Gasteiger partial charge < -0.3 is 4.90 Å². The maximum Gasteiger partial charge on any atom is 0.224 e. The van der Waals surface area contributed by atoms with E-state index in [-0.39, 0.29) is 23.6 Å². The fourth-order valence-corrected chi connectivity index (χ4v) is 2.68. The van der Waals surface area contributed by atoms with Crippen LogP contribution in [0, 0.1) is 5.82 Å². The summed E-state index contributed by atoms with van der Waals surface area (Å²) in [5.41, 5.74) is 1.44. The van der Waals surface area contributed by atoms with Gasteiger partial charge in [-0.05, 0) is 29.8 Å². The van der Waals surface area contributed by atoms with Crippen LogP contribution in [0.15, 0.2) is 59.5 Å². The van der Waals surface area contributed by atoms with Gasteiger partial charge in [-0.1, -0.05) is 24.3 Å². The monoisotopic (exact) mass is 339 g/mol. The molecule has 3 rings (SSSR count). The fourth-order valence-electron chi connectivity index (χ4n) is 2.68. The van der Waals surface area contributed by atoms with Crippen molar-refractivity contribution in [3.8, 4) is 0 Å². The number of para-hydroxylation sites is 1. The van der Waals surface area contributed by atoms with Crippen LogP contribution < -0.4 is 5.43 Å². The zero-order valence-corrected chi connectivity index (χ0v) is 13.9. The number of carbonyl (C=O) groups excluding carboxylic acids is 1. The third-order valence-corrected chi connectivity index (χ3v) is 4.06. The first-order valence-electron chi connectivity index (χ1n) is 7.98. The normalized spacial score (nSPS) is 10.8. The van der Waals surface area contributed by atoms with Crippen LogP contribution in [0.2, 0.25) is 0 Å². The van der Waals surface area contributed by atoms with Crippen molar-refractivity contribution in [2.24, 2.45) is 0 Å². The molecule has 0 bridgehead atoms. The Hall–Kier alpha value is -3.02. The minimum Gasteiger partial charge on any atom is -0.341 e. The second-order valence-electron chi connectivity index (χ2n) is 5.88. The van der Waals surface area contributed by atoms with E-state index in [2.05, 4.69) is 5.10 Å². The standard InChI is InChI=1S/C19H18FN3O2/c1-22(13-14-6-8-15(20)9-7-14)19(25)10-11-23-17-5-3-2-4-16(17)18(24)12-21-23/h2-9,12H,10-11,13H2,1H3. The van der Waals surface area contributed by atoms with Gasteiger partial charge in [0.2, 0.25) is 11.3 Å². The minimum absolute atomic E-state index is 0.0473. The number of halogens is 1. The van der Waals surface area contributed by atoms with E-state index in [0.717, 1.165) is 5.56 Å². The molecule has 0 aliphatic heterocycles.